The third-order valence-corrected chi connectivity index (χ3v) is 3.13. The van der Waals surface area contributed by atoms with Crippen molar-refractivity contribution in [3.8, 4) is 0 Å². The summed E-state index contributed by atoms with van der Waals surface area (Å²) in [6.07, 6.45) is 3.43. The van der Waals surface area contributed by atoms with Gasteiger partial charge in [-0.1, -0.05) is 25.1 Å². The van der Waals surface area contributed by atoms with Crippen molar-refractivity contribution in [1.29, 1.82) is 0 Å². The number of hydrogen-bond acceptors (Lipinski definition) is 2. The number of aromatic nitrogens is 1. The Morgan fingerprint density at radius 3 is 2.79 bits per heavy atom. The van der Waals surface area contributed by atoms with Gasteiger partial charge in [0, 0.05) is 43.8 Å². The van der Waals surface area contributed by atoms with Crippen LogP contribution >= 0.6 is 12.4 Å². The van der Waals surface area contributed by atoms with Crippen LogP contribution in [0.2, 0.25) is 0 Å². The largest absolute Gasteiger partial charge is 0.383 e. The average molecular weight is 283 g/mol. The van der Waals surface area contributed by atoms with E-state index in [1.165, 1.54) is 16.5 Å². The van der Waals surface area contributed by atoms with Crippen LogP contribution in [-0.4, -0.2) is 24.8 Å². The summed E-state index contributed by atoms with van der Waals surface area (Å²) in [6, 6.07) is 8.62. The van der Waals surface area contributed by atoms with Crippen molar-refractivity contribution >= 4 is 23.3 Å². The highest BCUT2D eigenvalue weighted by Gasteiger charge is 2.06. The molecule has 0 amide bonds. The molecule has 1 heterocycles. The van der Waals surface area contributed by atoms with Crippen molar-refractivity contribution in [1.82, 2.24) is 9.88 Å². The molecule has 0 aliphatic heterocycles. The molecule has 3 nitrogen and oxygen atoms in total. The van der Waals surface area contributed by atoms with Crippen molar-refractivity contribution in [2.75, 3.05) is 20.3 Å². The molecule has 106 valence electrons. The van der Waals surface area contributed by atoms with Gasteiger partial charge in [-0.25, -0.2) is 0 Å². The number of benzene rings is 1. The molecule has 0 saturated carbocycles. The summed E-state index contributed by atoms with van der Waals surface area (Å²) in [5, 5.41) is 4.77. The molecule has 1 N–H and O–H groups in total. The molecule has 1 aromatic carbocycles. The van der Waals surface area contributed by atoms with Gasteiger partial charge in [0.05, 0.1) is 6.61 Å². The molecule has 0 bridgehead atoms. The Balaban J connectivity index is 0.00000180. The first-order chi connectivity index (χ1) is 8.86. The molecule has 0 saturated heterocycles. The van der Waals surface area contributed by atoms with E-state index < -0.39 is 0 Å². The van der Waals surface area contributed by atoms with Gasteiger partial charge in [-0.05, 0) is 18.1 Å². The number of nitrogens with zero attached hydrogens (tertiary/aromatic N) is 1. The van der Waals surface area contributed by atoms with Crippen LogP contribution in [0.25, 0.3) is 10.9 Å². The maximum atomic E-state index is 5.04. The van der Waals surface area contributed by atoms with E-state index in [1.54, 1.807) is 7.11 Å². The summed E-state index contributed by atoms with van der Waals surface area (Å²) in [4.78, 5) is 0. The average Bonchev–Trinajstić information content (AvgIpc) is 2.74. The summed E-state index contributed by atoms with van der Waals surface area (Å²) >= 11 is 0. The lowest BCUT2D eigenvalue weighted by molar-refractivity contribution is 0.199. The number of rotatable bonds is 7. The molecular weight excluding hydrogens is 260 g/mol. The van der Waals surface area contributed by atoms with Gasteiger partial charge in [-0.3, -0.25) is 0 Å². The number of hydrogen-bond donors (Lipinski definition) is 1. The van der Waals surface area contributed by atoms with E-state index in [-0.39, 0.29) is 12.4 Å². The van der Waals surface area contributed by atoms with E-state index in [0.29, 0.717) is 0 Å². The van der Waals surface area contributed by atoms with Crippen LogP contribution in [0.3, 0.4) is 0 Å². The van der Waals surface area contributed by atoms with Gasteiger partial charge < -0.3 is 14.6 Å². The van der Waals surface area contributed by atoms with E-state index in [0.717, 1.165) is 32.7 Å². The molecule has 1 aromatic heterocycles. The van der Waals surface area contributed by atoms with Crippen LogP contribution < -0.4 is 5.32 Å². The van der Waals surface area contributed by atoms with Crippen LogP contribution in [-0.2, 0) is 17.8 Å². The first-order valence-corrected chi connectivity index (χ1v) is 6.63. The van der Waals surface area contributed by atoms with E-state index in [9.17, 15) is 0 Å². The Bertz CT molecular complexity index is 496. The highest BCUT2D eigenvalue weighted by atomic mass is 35.5. The molecule has 0 fully saturated rings. The fraction of sp³-hybridized carbons (Fsp3) is 0.467. The van der Waals surface area contributed by atoms with Gasteiger partial charge in [0.25, 0.3) is 0 Å². The lowest BCUT2D eigenvalue weighted by Gasteiger charge is -2.02. The van der Waals surface area contributed by atoms with E-state index in [1.807, 2.05) is 0 Å². The molecule has 4 heteroatoms. The lowest BCUT2D eigenvalue weighted by atomic mass is 10.2. The lowest BCUT2D eigenvalue weighted by Crippen LogP contribution is -2.18. The Morgan fingerprint density at radius 2 is 2.05 bits per heavy atom. The topological polar surface area (TPSA) is 26.2 Å². The third kappa shape index (κ3) is 3.96. The summed E-state index contributed by atoms with van der Waals surface area (Å²) in [7, 11) is 1.73. The molecule has 19 heavy (non-hydrogen) atoms. The van der Waals surface area contributed by atoms with Crippen LogP contribution in [0.5, 0.6) is 0 Å². The third-order valence-electron chi connectivity index (χ3n) is 3.13. The molecule has 0 aliphatic rings. The Morgan fingerprint density at radius 1 is 1.26 bits per heavy atom. The van der Waals surface area contributed by atoms with Gasteiger partial charge in [0.2, 0.25) is 0 Å². The first kappa shape index (κ1) is 16.0. The van der Waals surface area contributed by atoms with Crippen molar-refractivity contribution in [2.24, 2.45) is 0 Å². The molecule has 0 atom stereocenters. The molecule has 0 spiro atoms. The van der Waals surface area contributed by atoms with E-state index >= 15 is 0 Å². The predicted molar refractivity (Wildman–Crippen MR) is 83.1 cm³/mol. The standard InChI is InChI=1S/C15H22N2O.ClH/c1-3-9-17-12-13(11-16-8-10-18-2)14-6-4-5-7-15(14)17;/h4-7,12,16H,3,8-11H2,1-2H3;1H. The second kappa shape index (κ2) is 8.20. The van der Waals surface area contributed by atoms with E-state index in [4.69, 9.17) is 4.74 Å². The number of halogens is 1. The molecular formula is C15H23ClN2O. The number of ether oxygens (including phenoxy) is 1. The van der Waals surface area contributed by atoms with Crippen molar-refractivity contribution in [2.45, 2.75) is 26.4 Å². The zero-order valence-corrected chi connectivity index (χ0v) is 12.5. The highest BCUT2D eigenvalue weighted by molar-refractivity contribution is 5.85. The van der Waals surface area contributed by atoms with E-state index in [2.05, 4.69) is 47.3 Å². The quantitative estimate of drug-likeness (QED) is 0.789. The maximum absolute atomic E-state index is 5.04. The number of fused-ring (bicyclic) bond motifs is 1. The first-order valence-electron chi connectivity index (χ1n) is 6.63. The van der Waals surface area contributed by atoms with Crippen molar-refractivity contribution < 1.29 is 4.74 Å². The molecule has 2 rings (SSSR count). The van der Waals surface area contributed by atoms with Crippen LogP contribution in [0.1, 0.15) is 18.9 Å². The van der Waals surface area contributed by atoms with Crippen LogP contribution in [0.15, 0.2) is 30.5 Å². The monoisotopic (exact) mass is 282 g/mol. The normalized spacial score (nSPS) is 10.6. The fourth-order valence-corrected chi connectivity index (χ4v) is 2.29. The SMILES string of the molecule is CCCn1cc(CNCCOC)c2ccccc21.Cl. The van der Waals surface area contributed by atoms with Gasteiger partial charge >= 0.3 is 0 Å². The van der Waals surface area contributed by atoms with Gasteiger partial charge in [-0.15, -0.1) is 12.4 Å². The fourth-order valence-electron chi connectivity index (χ4n) is 2.29. The maximum Gasteiger partial charge on any atom is 0.0587 e. The zero-order valence-electron chi connectivity index (χ0n) is 11.7. The number of methoxy groups -OCH3 is 1. The molecule has 0 unspecified atom stereocenters. The van der Waals surface area contributed by atoms with Crippen LogP contribution in [0.4, 0.5) is 0 Å². The van der Waals surface area contributed by atoms with Crippen molar-refractivity contribution in [3.05, 3.63) is 36.0 Å². The van der Waals surface area contributed by atoms with Gasteiger partial charge in [0.1, 0.15) is 0 Å². The number of para-hydroxylation sites is 1. The molecule has 2 aromatic rings. The zero-order chi connectivity index (χ0) is 12.8. The summed E-state index contributed by atoms with van der Waals surface area (Å²) in [5.41, 5.74) is 2.71. The van der Waals surface area contributed by atoms with Gasteiger partial charge in [0.15, 0.2) is 0 Å². The minimum absolute atomic E-state index is 0. The molecule has 0 radical (unpaired) electrons. The molecule has 0 aliphatic carbocycles. The summed E-state index contributed by atoms with van der Waals surface area (Å²) in [6.45, 7) is 5.85. The second-order valence-electron chi connectivity index (χ2n) is 4.53. The van der Waals surface area contributed by atoms with Crippen molar-refractivity contribution in [3.63, 3.8) is 0 Å². The second-order valence-corrected chi connectivity index (χ2v) is 4.53. The highest BCUT2D eigenvalue weighted by Crippen LogP contribution is 2.21. The smallest absolute Gasteiger partial charge is 0.0587 e. The Kier molecular flexibility index (Phi) is 6.92. The Labute approximate surface area is 121 Å². The minimum atomic E-state index is 0. The number of aryl methyl sites for hydroxylation is 1. The van der Waals surface area contributed by atoms with Gasteiger partial charge in [-0.2, -0.15) is 0 Å². The minimum Gasteiger partial charge on any atom is -0.383 e. The van der Waals surface area contributed by atoms with Crippen LogP contribution in [0, 0.1) is 0 Å². The summed E-state index contributed by atoms with van der Waals surface area (Å²) < 4.78 is 7.39. The Hall–Kier alpha value is -1.03. The summed E-state index contributed by atoms with van der Waals surface area (Å²) in [5.74, 6) is 0. The number of nitrogens with one attached hydrogen (secondary N) is 1. The predicted octanol–water partition coefficient (Wildman–Crippen LogP) is 3.21.